The van der Waals surface area contributed by atoms with Crippen LogP contribution in [0, 0.1) is 5.92 Å². The van der Waals surface area contributed by atoms with E-state index in [9.17, 15) is 4.79 Å². The van der Waals surface area contributed by atoms with Crippen molar-refractivity contribution < 1.29 is 4.79 Å². The Labute approximate surface area is 127 Å². The third-order valence-corrected chi connectivity index (χ3v) is 3.79. The minimum absolute atomic E-state index is 0. The van der Waals surface area contributed by atoms with Crippen molar-refractivity contribution in [2.75, 3.05) is 13.1 Å². The van der Waals surface area contributed by atoms with Crippen molar-refractivity contribution in [1.82, 2.24) is 10.6 Å². The number of nitrogens with one attached hydrogen (secondary N) is 2. The van der Waals surface area contributed by atoms with E-state index in [0.29, 0.717) is 0 Å². The first-order chi connectivity index (χ1) is 8.88. The van der Waals surface area contributed by atoms with Crippen LogP contribution in [0.1, 0.15) is 44.9 Å². The quantitative estimate of drug-likeness (QED) is 0.900. The predicted molar refractivity (Wildman–Crippen MR) is 85.3 cm³/mol. The lowest BCUT2D eigenvalue weighted by atomic mass is 9.86. The lowest BCUT2D eigenvalue weighted by molar-refractivity contribution is -0.127. The molecule has 4 heteroatoms. The molecule has 1 aromatic carbocycles. The number of hydrogen-bond donors (Lipinski definition) is 2. The lowest BCUT2D eigenvalue weighted by Gasteiger charge is -2.28. The fourth-order valence-electron chi connectivity index (χ4n) is 2.16. The topological polar surface area (TPSA) is 41.1 Å². The normalized spacial score (nSPS) is 16.8. The molecule has 1 unspecified atom stereocenters. The van der Waals surface area contributed by atoms with Gasteiger partial charge in [-0.1, -0.05) is 45.0 Å². The van der Waals surface area contributed by atoms with Crippen molar-refractivity contribution in [1.29, 1.82) is 0 Å². The van der Waals surface area contributed by atoms with Gasteiger partial charge in [0.05, 0.1) is 12.0 Å². The lowest BCUT2D eigenvalue weighted by Crippen LogP contribution is -2.51. The second-order valence-electron chi connectivity index (χ2n) is 6.46. The van der Waals surface area contributed by atoms with Gasteiger partial charge in [-0.25, -0.2) is 0 Å². The maximum atomic E-state index is 11.9. The van der Waals surface area contributed by atoms with E-state index in [1.165, 1.54) is 5.56 Å². The summed E-state index contributed by atoms with van der Waals surface area (Å²) in [5.74, 6) is 0.308. The first-order valence-corrected chi connectivity index (χ1v) is 6.99. The summed E-state index contributed by atoms with van der Waals surface area (Å²) in [6.07, 6.45) is 0. The van der Waals surface area contributed by atoms with Gasteiger partial charge in [-0.15, -0.1) is 12.4 Å². The van der Waals surface area contributed by atoms with Crippen LogP contribution >= 0.6 is 12.4 Å². The van der Waals surface area contributed by atoms with Gasteiger partial charge in [0.1, 0.15) is 0 Å². The number of carbonyl (C=O) groups excluding carboxylic acids is 1. The molecule has 20 heavy (non-hydrogen) atoms. The summed E-state index contributed by atoms with van der Waals surface area (Å²) in [6, 6.07) is 8.61. The average Bonchev–Trinajstić information content (AvgIpc) is 2.25. The Balaban J connectivity index is 0.00000200. The highest BCUT2D eigenvalue weighted by atomic mass is 35.5. The maximum Gasteiger partial charge on any atom is 0.226 e. The molecule has 0 aliphatic carbocycles. The minimum Gasteiger partial charge on any atom is -0.349 e. The maximum absolute atomic E-state index is 11.9. The minimum atomic E-state index is 0. The van der Waals surface area contributed by atoms with Gasteiger partial charge >= 0.3 is 0 Å². The third kappa shape index (κ3) is 3.97. The third-order valence-electron chi connectivity index (χ3n) is 3.79. The Morgan fingerprint density at radius 3 is 2.20 bits per heavy atom. The number of hydrogen-bond acceptors (Lipinski definition) is 2. The van der Waals surface area contributed by atoms with Crippen LogP contribution in [0.3, 0.4) is 0 Å². The Bertz CT molecular complexity index is 447. The number of benzene rings is 1. The summed E-state index contributed by atoms with van der Waals surface area (Å²) in [6.45, 7) is 10.3. The van der Waals surface area contributed by atoms with E-state index >= 15 is 0 Å². The van der Waals surface area contributed by atoms with E-state index in [4.69, 9.17) is 0 Å². The standard InChI is InChI=1S/C16H24N2O.ClH/c1-11(18-15(19)13-9-17-10-13)12-5-7-14(8-6-12)16(2,3)4;/h5-8,11,13,17H,9-10H2,1-4H3,(H,18,19);1H. The second kappa shape index (κ2) is 6.59. The zero-order valence-corrected chi connectivity index (χ0v) is 13.5. The van der Waals surface area contributed by atoms with Crippen molar-refractivity contribution in [2.24, 2.45) is 5.92 Å². The van der Waals surface area contributed by atoms with E-state index in [1.807, 2.05) is 6.92 Å². The van der Waals surface area contributed by atoms with Crippen molar-refractivity contribution in [3.63, 3.8) is 0 Å². The molecular formula is C16H25ClN2O. The van der Waals surface area contributed by atoms with Gasteiger partial charge < -0.3 is 10.6 Å². The van der Waals surface area contributed by atoms with Crippen molar-refractivity contribution in [3.05, 3.63) is 35.4 Å². The zero-order chi connectivity index (χ0) is 14.0. The van der Waals surface area contributed by atoms with Crippen LogP contribution in [0.4, 0.5) is 0 Å². The van der Waals surface area contributed by atoms with Crippen LogP contribution < -0.4 is 10.6 Å². The molecule has 0 saturated carbocycles. The van der Waals surface area contributed by atoms with Gasteiger partial charge in [-0.05, 0) is 23.5 Å². The predicted octanol–water partition coefficient (Wildman–Crippen LogP) is 2.80. The van der Waals surface area contributed by atoms with Gasteiger partial charge in [0.25, 0.3) is 0 Å². The monoisotopic (exact) mass is 296 g/mol. The van der Waals surface area contributed by atoms with Gasteiger partial charge in [0.15, 0.2) is 0 Å². The Hall–Kier alpha value is -1.06. The molecule has 0 radical (unpaired) electrons. The molecule has 1 aliphatic rings. The first-order valence-electron chi connectivity index (χ1n) is 6.99. The van der Waals surface area contributed by atoms with Crippen LogP contribution in [0.5, 0.6) is 0 Å². The van der Waals surface area contributed by atoms with Gasteiger partial charge in [-0.2, -0.15) is 0 Å². The zero-order valence-electron chi connectivity index (χ0n) is 12.7. The molecule has 1 atom stereocenters. The molecule has 0 bridgehead atoms. The molecule has 112 valence electrons. The van der Waals surface area contributed by atoms with E-state index in [1.54, 1.807) is 0 Å². The largest absolute Gasteiger partial charge is 0.349 e. The van der Waals surface area contributed by atoms with E-state index in [2.05, 4.69) is 55.7 Å². The average molecular weight is 297 g/mol. The number of rotatable bonds is 3. The molecular weight excluding hydrogens is 272 g/mol. The van der Waals surface area contributed by atoms with E-state index < -0.39 is 0 Å². The van der Waals surface area contributed by atoms with Crippen LogP contribution in [-0.4, -0.2) is 19.0 Å². The fourth-order valence-corrected chi connectivity index (χ4v) is 2.16. The molecule has 3 nitrogen and oxygen atoms in total. The van der Waals surface area contributed by atoms with Crippen molar-refractivity contribution in [3.8, 4) is 0 Å². The Morgan fingerprint density at radius 2 is 1.80 bits per heavy atom. The van der Waals surface area contributed by atoms with Crippen LogP contribution in [-0.2, 0) is 10.2 Å². The smallest absolute Gasteiger partial charge is 0.226 e. The molecule has 1 saturated heterocycles. The SMILES string of the molecule is CC(NC(=O)C1CNC1)c1ccc(C(C)(C)C)cc1.Cl. The molecule has 1 heterocycles. The number of carbonyl (C=O) groups is 1. The van der Waals surface area contributed by atoms with Crippen LogP contribution in [0.25, 0.3) is 0 Å². The highest BCUT2D eigenvalue weighted by molar-refractivity contribution is 5.85. The van der Waals surface area contributed by atoms with Crippen molar-refractivity contribution in [2.45, 2.75) is 39.2 Å². The summed E-state index contributed by atoms with van der Waals surface area (Å²) in [5, 5.41) is 6.20. The fraction of sp³-hybridized carbons (Fsp3) is 0.562. The number of halogens is 1. The Morgan fingerprint density at radius 1 is 1.25 bits per heavy atom. The van der Waals surface area contributed by atoms with E-state index in [0.717, 1.165) is 18.7 Å². The van der Waals surface area contributed by atoms with Gasteiger partial charge in [0.2, 0.25) is 5.91 Å². The first kappa shape index (κ1) is 17.0. The summed E-state index contributed by atoms with van der Waals surface area (Å²) in [5.41, 5.74) is 2.65. The molecule has 1 aliphatic heterocycles. The molecule has 0 aromatic heterocycles. The highest BCUT2D eigenvalue weighted by Gasteiger charge is 2.25. The highest BCUT2D eigenvalue weighted by Crippen LogP contribution is 2.24. The molecule has 2 rings (SSSR count). The summed E-state index contributed by atoms with van der Waals surface area (Å²) in [4.78, 5) is 11.9. The van der Waals surface area contributed by atoms with E-state index in [-0.39, 0.29) is 35.7 Å². The van der Waals surface area contributed by atoms with Gasteiger partial charge in [0, 0.05) is 13.1 Å². The summed E-state index contributed by atoms with van der Waals surface area (Å²) >= 11 is 0. The molecule has 1 amide bonds. The molecule has 2 N–H and O–H groups in total. The summed E-state index contributed by atoms with van der Waals surface area (Å²) < 4.78 is 0. The van der Waals surface area contributed by atoms with Crippen LogP contribution in [0.15, 0.2) is 24.3 Å². The Kier molecular flexibility index (Phi) is 5.60. The summed E-state index contributed by atoms with van der Waals surface area (Å²) in [7, 11) is 0. The molecule has 1 fully saturated rings. The molecule has 0 spiro atoms. The van der Waals surface area contributed by atoms with Gasteiger partial charge in [-0.3, -0.25) is 4.79 Å². The molecule has 1 aromatic rings. The van der Waals surface area contributed by atoms with Crippen LogP contribution in [0.2, 0.25) is 0 Å². The number of amides is 1. The van der Waals surface area contributed by atoms with Crippen molar-refractivity contribution >= 4 is 18.3 Å². The second-order valence-corrected chi connectivity index (χ2v) is 6.46.